The summed E-state index contributed by atoms with van der Waals surface area (Å²) in [5.74, 6) is -1.10. The normalized spacial score (nSPS) is 46.4. The topological polar surface area (TPSA) is 76.0 Å². The minimum Gasteiger partial charge on any atom is -0.390 e. The smallest absolute Gasteiger partial charge is 0.163 e. The monoisotopic (exact) mass is 230 g/mol. The molecule has 4 atom stereocenters. The number of hydrogen-bond donors (Lipinski definition) is 2. The van der Waals surface area contributed by atoms with Crippen LogP contribution < -0.4 is 0 Å². The third kappa shape index (κ3) is 1.88. The molecule has 0 aromatic rings. The highest BCUT2D eigenvalue weighted by Gasteiger charge is 2.54. The van der Waals surface area contributed by atoms with Gasteiger partial charge in [-0.3, -0.25) is 4.79 Å². The van der Waals surface area contributed by atoms with Crippen LogP contribution in [0.25, 0.3) is 0 Å². The number of rotatable bonds is 1. The maximum atomic E-state index is 11.4. The second-order valence-corrected chi connectivity index (χ2v) is 5.20. The van der Waals surface area contributed by atoms with Crippen LogP contribution in [0.3, 0.4) is 0 Å². The maximum absolute atomic E-state index is 11.4. The molecule has 0 bridgehead atoms. The number of ketones is 1. The van der Waals surface area contributed by atoms with Crippen LogP contribution in [0.15, 0.2) is 0 Å². The summed E-state index contributed by atoms with van der Waals surface area (Å²) in [6.07, 6.45) is -1.53. The molecule has 2 aliphatic rings. The Balaban J connectivity index is 2.19. The molecule has 1 saturated carbocycles. The zero-order chi connectivity index (χ0) is 12.1. The molecule has 5 nitrogen and oxygen atoms in total. The Morgan fingerprint density at radius 3 is 2.50 bits per heavy atom. The van der Waals surface area contributed by atoms with Gasteiger partial charge in [0.15, 0.2) is 11.6 Å². The summed E-state index contributed by atoms with van der Waals surface area (Å²) in [6.45, 7) is 4.84. The van der Waals surface area contributed by atoms with E-state index in [4.69, 9.17) is 9.47 Å². The predicted molar refractivity (Wildman–Crippen MR) is 54.7 cm³/mol. The standard InChI is InChI=1S/C11H18O5/c1-6(12)11(14)4-7(13)9-8(5-11)15-10(2,3)16-9/h7-9,13-14H,4-5H2,1-3H3/t7-,8-,9+,11-/m1/s1. The molecule has 2 rings (SSSR count). The Kier molecular flexibility index (Phi) is 2.62. The van der Waals surface area contributed by atoms with Gasteiger partial charge in [0.05, 0.1) is 12.2 Å². The third-order valence-corrected chi connectivity index (χ3v) is 3.34. The van der Waals surface area contributed by atoms with Gasteiger partial charge in [-0.2, -0.15) is 0 Å². The first-order valence-electron chi connectivity index (χ1n) is 5.51. The second-order valence-electron chi connectivity index (χ2n) is 5.20. The third-order valence-electron chi connectivity index (χ3n) is 3.34. The Morgan fingerprint density at radius 2 is 1.94 bits per heavy atom. The second kappa shape index (κ2) is 3.50. The molecular formula is C11H18O5. The summed E-state index contributed by atoms with van der Waals surface area (Å²) in [6, 6.07) is 0. The summed E-state index contributed by atoms with van der Waals surface area (Å²) >= 11 is 0. The number of aliphatic hydroxyl groups excluding tert-OH is 1. The van der Waals surface area contributed by atoms with E-state index < -0.39 is 29.7 Å². The van der Waals surface area contributed by atoms with Gasteiger partial charge in [-0.25, -0.2) is 0 Å². The Hall–Kier alpha value is -0.490. The van der Waals surface area contributed by atoms with Gasteiger partial charge >= 0.3 is 0 Å². The van der Waals surface area contributed by atoms with Crippen molar-refractivity contribution in [3.8, 4) is 0 Å². The zero-order valence-corrected chi connectivity index (χ0v) is 9.77. The first kappa shape index (κ1) is 12.0. The number of carbonyl (C=O) groups is 1. The number of carbonyl (C=O) groups excluding carboxylic acids is 1. The van der Waals surface area contributed by atoms with Crippen LogP contribution in [0.1, 0.15) is 33.6 Å². The summed E-state index contributed by atoms with van der Waals surface area (Å²) in [7, 11) is 0. The molecule has 16 heavy (non-hydrogen) atoms. The van der Waals surface area contributed by atoms with Crippen molar-refractivity contribution in [2.24, 2.45) is 0 Å². The van der Waals surface area contributed by atoms with Crippen molar-refractivity contribution < 1.29 is 24.5 Å². The van der Waals surface area contributed by atoms with Gasteiger partial charge in [0.1, 0.15) is 11.7 Å². The number of Topliss-reactive ketones (excluding diaryl/α,β-unsaturated/α-hetero) is 1. The van der Waals surface area contributed by atoms with E-state index in [1.165, 1.54) is 6.92 Å². The van der Waals surface area contributed by atoms with Crippen LogP contribution >= 0.6 is 0 Å². The summed E-state index contributed by atoms with van der Waals surface area (Å²) in [5.41, 5.74) is -1.48. The van der Waals surface area contributed by atoms with E-state index in [2.05, 4.69) is 0 Å². The fraction of sp³-hybridized carbons (Fsp3) is 0.909. The summed E-state index contributed by atoms with van der Waals surface area (Å²) in [4.78, 5) is 11.4. The average Bonchev–Trinajstić information content (AvgIpc) is 2.39. The fourth-order valence-electron chi connectivity index (χ4n) is 2.51. The summed E-state index contributed by atoms with van der Waals surface area (Å²) in [5, 5.41) is 20.0. The lowest BCUT2D eigenvalue weighted by Gasteiger charge is -2.38. The first-order valence-corrected chi connectivity index (χ1v) is 5.51. The molecular weight excluding hydrogens is 212 g/mol. The molecule has 0 amide bonds. The minimum absolute atomic E-state index is 0.0168. The van der Waals surface area contributed by atoms with Crippen molar-refractivity contribution in [3.05, 3.63) is 0 Å². The first-order chi connectivity index (χ1) is 7.23. The number of ether oxygens (including phenoxy) is 2. The minimum atomic E-state index is -1.48. The molecule has 1 aliphatic carbocycles. The number of fused-ring (bicyclic) bond motifs is 1. The van der Waals surface area contributed by atoms with E-state index in [0.29, 0.717) is 0 Å². The predicted octanol–water partition coefficient (Wildman–Crippen LogP) is -0.0187. The van der Waals surface area contributed by atoms with E-state index in [1.54, 1.807) is 13.8 Å². The van der Waals surface area contributed by atoms with E-state index in [-0.39, 0.29) is 18.6 Å². The molecule has 0 aromatic heterocycles. The average molecular weight is 230 g/mol. The van der Waals surface area contributed by atoms with Gasteiger partial charge in [0.25, 0.3) is 0 Å². The van der Waals surface area contributed by atoms with Crippen molar-refractivity contribution in [1.29, 1.82) is 0 Å². The van der Waals surface area contributed by atoms with Crippen LogP contribution in [0.5, 0.6) is 0 Å². The van der Waals surface area contributed by atoms with Crippen LogP contribution in [-0.4, -0.2) is 45.7 Å². The van der Waals surface area contributed by atoms with Gasteiger partial charge in [-0.15, -0.1) is 0 Å². The van der Waals surface area contributed by atoms with Crippen LogP contribution in [0.4, 0.5) is 0 Å². The van der Waals surface area contributed by atoms with Crippen molar-refractivity contribution in [2.75, 3.05) is 0 Å². The quantitative estimate of drug-likeness (QED) is 0.662. The van der Waals surface area contributed by atoms with E-state index in [9.17, 15) is 15.0 Å². The highest BCUT2D eigenvalue weighted by atomic mass is 16.8. The molecule has 0 radical (unpaired) electrons. The Labute approximate surface area is 94.4 Å². The maximum Gasteiger partial charge on any atom is 0.163 e. The molecule has 5 heteroatoms. The van der Waals surface area contributed by atoms with Crippen LogP contribution in [0.2, 0.25) is 0 Å². The van der Waals surface area contributed by atoms with Crippen LogP contribution in [-0.2, 0) is 14.3 Å². The fourth-order valence-corrected chi connectivity index (χ4v) is 2.51. The van der Waals surface area contributed by atoms with Gasteiger partial charge < -0.3 is 19.7 Å². The SMILES string of the molecule is CC(=O)[C@@]1(O)C[C@@H](O)[C@@H]2OC(C)(C)O[C@@H]2C1. The lowest BCUT2D eigenvalue weighted by atomic mass is 9.77. The Morgan fingerprint density at radius 1 is 1.31 bits per heavy atom. The van der Waals surface area contributed by atoms with Gasteiger partial charge in [-0.1, -0.05) is 0 Å². The van der Waals surface area contributed by atoms with Crippen molar-refractivity contribution in [2.45, 2.75) is 63.3 Å². The molecule has 0 aromatic carbocycles. The molecule has 92 valence electrons. The van der Waals surface area contributed by atoms with Crippen LogP contribution in [0, 0.1) is 0 Å². The lowest BCUT2D eigenvalue weighted by molar-refractivity contribution is -0.155. The molecule has 2 fully saturated rings. The highest BCUT2D eigenvalue weighted by molar-refractivity contribution is 5.84. The molecule has 2 N–H and O–H groups in total. The molecule has 1 heterocycles. The van der Waals surface area contributed by atoms with Crippen molar-refractivity contribution in [3.63, 3.8) is 0 Å². The number of aliphatic hydroxyl groups is 2. The lowest BCUT2D eigenvalue weighted by Crippen LogP contribution is -2.54. The Bertz CT molecular complexity index is 313. The number of hydrogen-bond acceptors (Lipinski definition) is 5. The zero-order valence-electron chi connectivity index (χ0n) is 9.77. The molecule has 0 unspecified atom stereocenters. The van der Waals surface area contributed by atoms with E-state index in [0.717, 1.165) is 0 Å². The van der Waals surface area contributed by atoms with Gasteiger partial charge in [0.2, 0.25) is 0 Å². The largest absolute Gasteiger partial charge is 0.390 e. The summed E-state index contributed by atoms with van der Waals surface area (Å²) < 4.78 is 11.1. The van der Waals surface area contributed by atoms with E-state index >= 15 is 0 Å². The van der Waals surface area contributed by atoms with Gasteiger partial charge in [0, 0.05) is 12.8 Å². The molecule has 1 saturated heterocycles. The van der Waals surface area contributed by atoms with Crippen molar-refractivity contribution in [1.82, 2.24) is 0 Å². The van der Waals surface area contributed by atoms with Gasteiger partial charge in [-0.05, 0) is 20.8 Å². The molecule has 1 aliphatic heterocycles. The highest BCUT2D eigenvalue weighted by Crippen LogP contribution is 2.41. The van der Waals surface area contributed by atoms with Crippen molar-refractivity contribution >= 4 is 5.78 Å². The molecule has 0 spiro atoms. The van der Waals surface area contributed by atoms with E-state index in [1.807, 2.05) is 0 Å².